The molecule has 0 amide bonds. The van der Waals surface area contributed by atoms with Crippen molar-refractivity contribution in [2.24, 2.45) is 0 Å². The molecule has 1 aliphatic rings. The second-order valence-corrected chi connectivity index (χ2v) is 4.25. The Morgan fingerprint density at radius 3 is 3.12 bits per heavy atom. The molecule has 1 saturated heterocycles. The number of aromatic nitrogens is 1. The molecule has 2 heterocycles. The highest BCUT2D eigenvalue weighted by Crippen LogP contribution is 2.14. The molecule has 1 N–H and O–H groups in total. The number of halogens is 1. The molecule has 2 rings (SSSR count). The fourth-order valence-corrected chi connectivity index (χ4v) is 2.00. The quantitative estimate of drug-likeness (QED) is 0.801. The standard InChI is InChI=1S/C12H16ClN3/c1-2-12-14-6-3-7-16(12)9-10-4-5-11(13)15-8-10/h2,4-5,8,14H,3,6-7,9H2,1H3/b12-2+. The number of allylic oxidation sites excluding steroid dienone is 1. The van der Waals surface area contributed by atoms with Crippen LogP contribution in [0, 0.1) is 0 Å². The maximum absolute atomic E-state index is 5.76. The summed E-state index contributed by atoms with van der Waals surface area (Å²) in [5.74, 6) is 1.21. The number of rotatable bonds is 2. The zero-order valence-corrected chi connectivity index (χ0v) is 10.2. The van der Waals surface area contributed by atoms with Crippen molar-refractivity contribution in [3.05, 3.63) is 40.9 Å². The summed E-state index contributed by atoms with van der Waals surface area (Å²) >= 11 is 5.76. The summed E-state index contributed by atoms with van der Waals surface area (Å²) in [5.41, 5.74) is 1.19. The van der Waals surface area contributed by atoms with Crippen LogP contribution in [0.4, 0.5) is 0 Å². The van der Waals surface area contributed by atoms with Crippen molar-refractivity contribution >= 4 is 11.6 Å². The van der Waals surface area contributed by atoms with Crippen molar-refractivity contribution in [2.75, 3.05) is 13.1 Å². The van der Waals surface area contributed by atoms with Crippen LogP contribution in [0.1, 0.15) is 18.9 Å². The van der Waals surface area contributed by atoms with Gasteiger partial charge in [0.15, 0.2) is 0 Å². The van der Waals surface area contributed by atoms with Crippen LogP contribution in [0.5, 0.6) is 0 Å². The van der Waals surface area contributed by atoms with Gasteiger partial charge in [0.05, 0.1) is 5.82 Å². The summed E-state index contributed by atoms with van der Waals surface area (Å²) in [4.78, 5) is 6.42. The summed E-state index contributed by atoms with van der Waals surface area (Å²) in [5, 5.41) is 3.94. The SMILES string of the molecule is C/C=C1\NCCCN1Cc1ccc(Cl)nc1. The van der Waals surface area contributed by atoms with E-state index in [1.807, 2.05) is 18.3 Å². The molecule has 0 bridgehead atoms. The molecule has 1 fully saturated rings. The number of nitrogens with zero attached hydrogens (tertiary/aromatic N) is 2. The van der Waals surface area contributed by atoms with E-state index < -0.39 is 0 Å². The first-order valence-corrected chi connectivity index (χ1v) is 5.93. The fraction of sp³-hybridized carbons (Fsp3) is 0.417. The van der Waals surface area contributed by atoms with Crippen molar-refractivity contribution in [1.29, 1.82) is 0 Å². The second kappa shape index (κ2) is 5.21. The summed E-state index contributed by atoms with van der Waals surface area (Å²) < 4.78 is 0. The van der Waals surface area contributed by atoms with E-state index in [1.54, 1.807) is 0 Å². The van der Waals surface area contributed by atoms with Crippen molar-refractivity contribution in [2.45, 2.75) is 19.9 Å². The van der Waals surface area contributed by atoms with E-state index in [0.717, 1.165) is 19.6 Å². The summed E-state index contributed by atoms with van der Waals surface area (Å²) in [6.07, 6.45) is 5.13. The Bertz CT molecular complexity index is 372. The largest absolute Gasteiger partial charge is 0.372 e. The monoisotopic (exact) mass is 237 g/mol. The van der Waals surface area contributed by atoms with Gasteiger partial charge < -0.3 is 10.2 Å². The Kier molecular flexibility index (Phi) is 3.67. The van der Waals surface area contributed by atoms with Crippen LogP contribution in [0.2, 0.25) is 5.15 Å². The van der Waals surface area contributed by atoms with Crippen LogP contribution in [0.15, 0.2) is 30.2 Å². The minimum atomic E-state index is 0.548. The first-order chi connectivity index (χ1) is 7.79. The highest BCUT2D eigenvalue weighted by atomic mass is 35.5. The molecule has 0 saturated carbocycles. The maximum atomic E-state index is 5.76. The van der Waals surface area contributed by atoms with Gasteiger partial charge in [0.1, 0.15) is 5.15 Å². The van der Waals surface area contributed by atoms with Crippen molar-refractivity contribution < 1.29 is 0 Å². The average molecular weight is 238 g/mol. The predicted octanol–water partition coefficient (Wildman–Crippen LogP) is 2.39. The number of pyridine rings is 1. The predicted molar refractivity (Wildman–Crippen MR) is 66.0 cm³/mol. The summed E-state index contributed by atoms with van der Waals surface area (Å²) in [7, 11) is 0. The third-order valence-corrected chi connectivity index (χ3v) is 2.91. The number of hydrogen-bond donors (Lipinski definition) is 1. The van der Waals surface area contributed by atoms with Gasteiger partial charge in [-0.2, -0.15) is 0 Å². The highest BCUT2D eigenvalue weighted by molar-refractivity contribution is 6.29. The molecule has 0 unspecified atom stereocenters. The molecule has 0 atom stereocenters. The lowest BCUT2D eigenvalue weighted by molar-refractivity contribution is 0.273. The maximum Gasteiger partial charge on any atom is 0.129 e. The van der Waals surface area contributed by atoms with Crippen LogP contribution in [0.3, 0.4) is 0 Å². The smallest absolute Gasteiger partial charge is 0.129 e. The average Bonchev–Trinajstić information content (AvgIpc) is 2.33. The van der Waals surface area contributed by atoms with E-state index in [2.05, 4.69) is 28.2 Å². The zero-order chi connectivity index (χ0) is 11.4. The molecule has 0 aromatic carbocycles. The van der Waals surface area contributed by atoms with Crippen molar-refractivity contribution in [3.63, 3.8) is 0 Å². The van der Waals surface area contributed by atoms with Crippen molar-refractivity contribution in [1.82, 2.24) is 15.2 Å². The highest BCUT2D eigenvalue weighted by Gasteiger charge is 2.13. The minimum absolute atomic E-state index is 0.548. The molecule has 0 spiro atoms. The lowest BCUT2D eigenvalue weighted by atomic mass is 10.2. The molecular weight excluding hydrogens is 222 g/mol. The van der Waals surface area contributed by atoms with Crippen LogP contribution < -0.4 is 5.32 Å². The lowest BCUT2D eigenvalue weighted by Gasteiger charge is -2.32. The van der Waals surface area contributed by atoms with E-state index in [-0.39, 0.29) is 0 Å². The Morgan fingerprint density at radius 1 is 1.56 bits per heavy atom. The van der Waals surface area contributed by atoms with Gasteiger partial charge in [-0.05, 0) is 31.1 Å². The van der Waals surface area contributed by atoms with Gasteiger partial charge in [0.25, 0.3) is 0 Å². The van der Waals surface area contributed by atoms with E-state index in [9.17, 15) is 0 Å². The minimum Gasteiger partial charge on any atom is -0.372 e. The zero-order valence-electron chi connectivity index (χ0n) is 9.41. The Hall–Kier alpha value is -1.22. The topological polar surface area (TPSA) is 28.2 Å². The Balaban J connectivity index is 2.05. The van der Waals surface area contributed by atoms with Crippen molar-refractivity contribution in [3.8, 4) is 0 Å². The second-order valence-electron chi connectivity index (χ2n) is 3.86. The van der Waals surface area contributed by atoms with Gasteiger partial charge >= 0.3 is 0 Å². The van der Waals surface area contributed by atoms with Crippen LogP contribution >= 0.6 is 11.6 Å². The van der Waals surface area contributed by atoms with Gasteiger partial charge in [-0.1, -0.05) is 17.7 Å². The van der Waals surface area contributed by atoms with E-state index in [1.165, 1.54) is 17.8 Å². The molecule has 0 radical (unpaired) electrons. The number of nitrogens with one attached hydrogen (secondary N) is 1. The summed E-state index contributed by atoms with van der Waals surface area (Å²) in [6.45, 7) is 5.10. The molecule has 1 aromatic rings. The fourth-order valence-electron chi connectivity index (χ4n) is 1.89. The molecule has 16 heavy (non-hydrogen) atoms. The van der Waals surface area contributed by atoms with Crippen LogP contribution in [-0.4, -0.2) is 23.0 Å². The molecule has 86 valence electrons. The van der Waals surface area contributed by atoms with Gasteiger partial charge in [-0.15, -0.1) is 0 Å². The molecular formula is C12H16ClN3. The van der Waals surface area contributed by atoms with Crippen LogP contribution in [-0.2, 0) is 6.54 Å². The third-order valence-electron chi connectivity index (χ3n) is 2.69. The van der Waals surface area contributed by atoms with Crippen LogP contribution in [0.25, 0.3) is 0 Å². The van der Waals surface area contributed by atoms with Gasteiger partial charge in [-0.3, -0.25) is 0 Å². The first-order valence-electron chi connectivity index (χ1n) is 5.55. The molecule has 1 aromatic heterocycles. The third kappa shape index (κ3) is 2.67. The normalized spacial score (nSPS) is 18.6. The lowest BCUT2D eigenvalue weighted by Crippen LogP contribution is -2.38. The summed E-state index contributed by atoms with van der Waals surface area (Å²) in [6, 6.07) is 3.86. The molecule has 0 aliphatic carbocycles. The molecule has 1 aliphatic heterocycles. The first kappa shape index (κ1) is 11.3. The van der Waals surface area contributed by atoms with Gasteiger partial charge in [-0.25, -0.2) is 4.98 Å². The Labute approximate surface area is 101 Å². The van der Waals surface area contributed by atoms with E-state index in [0.29, 0.717) is 5.15 Å². The van der Waals surface area contributed by atoms with Gasteiger partial charge in [0.2, 0.25) is 0 Å². The molecule has 4 heteroatoms. The van der Waals surface area contributed by atoms with Gasteiger partial charge in [0, 0.05) is 25.8 Å². The number of hydrogen-bond acceptors (Lipinski definition) is 3. The van der Waals surface area contributed by atoms with E-state index in [4.69, 9.17) is 11.6 Å². The molecule has 3 nitrogen and oxygen atoms in total. The van der Waals surface area contributed by atoms with E-state index >= 15 is 0 Å². The Morgan fingerprint density at radius 2 is 2.44 bits per heavy atom.